The molecule has 2 N–H and O–H groups in total. The fourth-order valence-electron chi connectivity index (χ4n) is 1.54. The molecule has 2 aromatic rings. The largest absolute Gasteiger partial charge is 0.377 e. The minimum absolute atomic E-state index is 0.338. The van der Waals surface area contributed by atoms with Gasteiger partial charge in [0.1, 0.15) is 11.4 Å². The first-order valence-corrected chi connectivity index (χ1v) is 5.46. The summed E-state index contributed by atoms with van der Waals surface area (Å²) in [6.07, 6.45) is 3.21. The number of nitrogens with one attached hydrogen (secondary N) is 1. The molecule has 1 aromatic carbocycles. The summed E-state index contributed by atoms with van der Waals surface area (Å²) in [5, 5.41) is 11.2. The van der Waals surface area contributed by atoms with Gasteiger partial charge in [0.05, 0.1) is 10.0 Å². The van der Waals surface area contributed by atoms with Crippen LogP contribution in [-0.2, 0) is 5.60 Å². The molecule has 3 nitrogen and oxygen atoms in total. The molecule has 0 saturated heterocycles. The molecular formula is C11H10Cl2N2O. The molecule has 1 atom stereocenters. The van der Waals surface area contributed by atoms with Crippen molar-refractivity contribution in [1.82, 2.24) is 9.97 Å². The zero-order valence-electron chi connectivity index (χ0n) is 8.54. The van der Waals surface area contributed by atoms with Crippen LogP contribution in [0, 0.1) is 0 Å². The molecular weight excluding hydrogens is 247 g/mol. The van der Waals surface area contributed by atoms with Crippen molar-refractivity contribution in [3.05, 3.63) is 52.0 Å². The van der Waals surface area contributed by atoms with Gasteiger partial charge < -0.3 is 10.1 Å². The molecule has 84 valence electrons. The fourth-order valence-corrected chi connectivity index (χ4v) is 2.02. The highest BCUT2D eigenvalue weighted by molar-refractivity contribution is 6.42. The molecule has 2 rings (SSSR count). The predicted molar refractivity (Wildman–Crippen MR) is 63.7 cm³/mol. The number of halogens is 2. The van der Waals surface area contributed by atoms with Crippen LogP contribution in [0.25, 0.3) is 0 Å². The van der Waals surface area contributed by atoms with E-state index in [9.17, 15) is 5.11 Å². The van der Waals surface area contributed by atoms with Crippen molar-refractivity contribution in [2.45, 2.75) is 12.5 Å². The van der Waals surface area contributed by atoms with Crippen molar-refractivity contribution in [2.75, 3.05) is 0 Å². The van der Waals surface area contributed by atoms with Crippen molar-refractivity contribution in [1.29, 1.82) is 0 Å². The molecule has 0 amide bonds. The number of aliphatic hydroxyl groups is 1. The van der Waals surface area contributed by atoms with Crippen molar-refractivity contribution < 1.29 is 5.11 Å². The van der Waals surface area contributed by atoms with Gasteiger partial charge in [-0.05, 0) is 13.0 Å². The molecule has 0 aliphatic carbocycles. The first-order valence-electron chi connectivity index (χ1n) is 4.70. The van der Waals surface area contributed by atoms with Crippen molar-refractivity contribution in [2.24, 2.45) is 0 Å². The average molecular weight is 257 g/mol. The summed E-state index contributed by atoms with van der Waals surface area (Å²) in [7, 11) is 0. The smallest absolute Gasteiger partial charge is 0.146 e. The number of imidazole rings is 1. The van der Waals surface area contributed by atoms with Gasteiger partial charge in [0, 0.05) is 18.0 Å². The van der Waals surface area contributed by atoms with E-state index in [0.717, 1.165) is 0 Å². The van der Waals surface area contributed by atoms with Gasteiger partial charge in [0.25, 0.3) is 0 Å². The average Bonchev–Trinajstić information content (AvgIpc) is 2.75. The Hall–Kier alpha value is -1.03. The molecule has 0 spiro atoms. The summed E-state index contributed by atoms with van der Waals surface area (Å²) in [6, 6.07) is 5.13. The monoisotopic (exact) mass is 256 g/mol. The molecule has 5 heteroatoms. The second-order valence-electron chi connectivity index (χ2n) is 3.61. The van der Waals surface area contributed by atoms with Crippen LogP contribution in [0.15, 0.2) is 30.6 Å². The van der Waals surface area contributed by atoms with Crippen LogP contribution in [0.5, 0.6) is 0 Å². The second-order valence-corrected chi connectivity index (χ2v) is 4.40. The Morgan fingerprint density at radius 2 is 2.12 bits per heavy atom. The third kappa shape index (κ3) is 1.82. The number of benzene rings is 1. The normalized spacial score (nSPS) is 14.8. The molecule has 1 unspecified atom stereocenters. The molecule has 0 radical (unpaired) electrons. The van der Waals surface area contributed by atoms with E-state index in [0.29, 0.717) is 21.4 Å². The molecule has 16 heavy (non-hydrogen) atoms. The highest BCUT2D eigenvalue weighted by Gasteiger charge is 2.31. The Kier molecular flexibility index (Phi) is 2.93. The summed E-state index contributed by atoms with van der Waals surface area (Å²) in [6.45, 7) is 1.61. The van der Waals surface area contributed by atoms with E-state index in [1.54, 1.807) is 37.5 Å². The quantitative estimate of drug-likeness (QED) is 0.868. The Morgan fingerprint density at radius 3 is 2.75 bits per heavy atom. The summed E-state index contributed by atoms with van der Waals surface area (Å²) in [5.74, 6) is 0.427. The molecule has 0 saturated carbocycles. The fraction of sp³-hybridized carbons (Fsp3) is 0.182. The van der Waals surface area contributed by atoms with Crippen LogP contribution in [0.2, 0.25) is 10.0 Å². The third-order valence-corrected chi connectivity index (χ3v) is 3.25. The lowest BCUT2D eigenvalue weighted by Gasteiger charge is -2.22. The first kappa shape index (κ1) is 11.5. The molecule has 0 aliphatic rings. The van der Waals surface area contributed by atoms with Crippen molar-refractivity contribution in [3.63, 3.8) is 0 Å². The SMILES string of the molecule is CC(O)(c1ncc[nH]1)c1cccc(Cl)c1Cl. The number of aromatic nitrogens is 2. The third-order valence-electron chi connectivity index (χ3n) is 2.44. The van der Waals surface area contributed by atoms with Gasteiger partial charge in [-0.25, -0.2) is 4.98 Å². The zero-order valence-corrected chi connectivity index (χ0v) is 10.0. The van der Waals surface area contributed by atoms with Gasteiger partial charge in [-0.1, -0.05) is 35.3 Å². The molecule has 0 bridgehead atoms. The lowest BCUT2D eigenvalue weighted by atomic mass is 9.95. The number of nitrogens with zero attached hydrogens (tertiary/aromatic N) is 1. The number of H-pyrrole nitrogens is 1. The maximum Gasteiger partial charge on any atom is 0.146 e. The topological polar surface area (TPSA) is 48.9 Å². The minimum atomic E-state index is -1.29. The summed E-state index contributed by atoms with van der Waals surface area (Å²) in [4.78, 5) is 6.89. The van der Waals surface area contributed by atoms with Gasteiger partial charge in [-0.2, -0.15) is 0 Å². The van der Waals surface area contributed by atoms with E-state index in [4.69, 9.17) is 23.2 Å². The van der Waals surface area contributed by atoms with E-state index >= 15 is 0 Å². The van der Waals surface area contributed by atoms with Gasteiger partial charge in [-0.3, -0.25) is 0 Å². The van der Waals surface area contributed by atoms with Crippen molar-refractivity contribution >= 4 is 23.2 Å². The van der Waals surface area contributed by atoms with Crippen LogP contribution in [0.4, 0.5) is 0 Å². The lowest BCUT2D eigenvalue weighted by Crippen LogP contribution is -2.25. The summed E-state index contributed by atoms with van der Waals surface area (Å²) in [5.41, 5.74) is -0.762. The number of hydrogen-bond acceptors (Lipinski definition) is 2. The molecule has 1 heterocycles. The van der Waals surface area contributed by atoms with E-state index in [1.165, 1.54) is 0 Å². The van der Waals surface area contributed by atoms with Gasteiger partial charge >= 0.3 is 0 Å². The predicted octanol–water partition coefficient (Wildman–Crippen LogP) is 2.97. The van der Waals surface area contributed by atoms with Gasteiger partial charge in [-0.15, -0.1) is 0 Å². The maximum absolute atomic E-state index is 10.4. The summed E-state index contributed by atoms with van der Waals surface area (Å²) >= 11 is 12.0. The molecule has 1 aromatic heterocycles. The Balaban J connectivity index is 2.56. The van der Waals surface area contributed by atoms with Crippen LogP contribution < -0.4 is 0 Å². The van der Waals surface area contributed by atoms with E-state index < -0.39 is 5.60 Å². The van der Waals surface area contributed by atoms with E-state index in [-0.39, 0.29) is 0 Å². The van der Waals surface area contributed by atoms with E-state index in [1.807, 2.05) is 0 Å². The van der Waals surface area contributed by atoms with Crippen LogP contribution in [0.3, 0.4) is 0 Å². The first-order chi connectivity index (χ1) is 7.53. The molecule has 0 fully saturated rings. The standard InChI is InChI=1S/C11H10Cl2N2O/c1-11(16,10-14-5-6-15-10)7-3-2-4-8(12)9(7)13/h2-6,16H,1H3,(H,14,15). The van der Waals surface area contributed by atoms with Crippen LogP contribution in [0.1, 0.15) is 18.3 Å². The number of aromatic amines is 1. The number of rotatable bonds is 2. The molecule has 0 aliphatic heterocycles. The highest BCUT2D eigenvalue weighted by Crippen LogP contribution is 2.35. The van der Waals surface area contributed by atoms with Crippen LogP contribution in [-0.4, -0.2) is 15.1 Å². The van der Waals surface area contributed by atoms with Gasteiger partial charge in [0.2, 0.25) is 0 Å². The Bertz CT molecular complexity index is 495. The zero-order chi connectivity index (χ0) is 11.8. The minimum Gasteiger partial charge on any atom is -0.377 e. The number of hydrogen-bond donors (Lipinski definition) is 2. The van der Waals surface area contributed by atoms with E-state index in [2.05, 4.69) is 9.97 Å². The van der Waals surface area contributed by atoms with Crippen LogP contribution >= 0.6 is 23.2 Å². The van der Waals surface area contributed by atoms with Gasteiger partial charge in [0.15, 0.2) is 0 Å². The van der Waals surface area contributed by atoms with Crippen molar-refractivity contribution in [3.8, 4) is 0 Å². The Labute approximate surface area is 103 Å². The second kappa shape index (κ2) is 4.09. The summed E-state index contributed by atoms with van der Waals surface area (Å²) < 4.78 is 0. The Morgan fingerprint density at radius 1 is 1.38 bits per heavy atom. The maximum atomic E-state index is 10.4. The highest BCUT2D eigenvalue weighted by atomic mass is 35.5. The lowest BCUT2D eigenvalue weighted by molar-refractivity contribution is 0.0933.